The first-order valence-electron chi connectivity index (χ1n) is 17.4. The third-order valence-corrected chi connectivity index (χ3v) is 9.68. The van der Waals surface area contributed by atoms with Gasteiger partial charge in [0.1, 0.15) is 35.8 Å². The molecule has 3 aliphatic rings. The van der Waals surface area contributed by atoms with Gasteiger partial charge in [-0.25, -0.2) is 8.78 Å². The Kier molecular flexibility index (Phi) is 12.4. The van der Waals surface area contributed by atoms with Crippen molar-refractivity contribution in [1.29, 1.82) is 0 Å². The van der Waals surface area contributed by atoms with E-state index in [1.807, 2.05) is 38.1 Å². The molecule has 2 N–H and O–H groups in total. The van der Waals surface area contributed by atoms with Crippen molar-refractivity contribution in [1.82, 2.24) is 15.1 Å². The first-order chi connectivity index (χ1) is 25.3. The molecule has 2 heterocycles. The molecule has 3 aromatic carbocycles. The number of benzene rings is 3. The summed E-state index contributed by atoms with van der Waals surface area (Å²) >= 11 is 0. The smallest absolute Gasteiger partial charge is 0.416 e. The molecule has 1 saturated carbocycles. The van der Waals surface area contributed by atoms with Crippen molar-refractivity contribution in [3.8, 4) is 22.6 Å². The lowest BCUT2D eigenvalue weighted by atomic mass is 9.90. The highest BCUT2D eigenvalue weighted by atomic mass is 19.4. The first-order valence-corrected chi connectivity index (χ1v) is 17.4. The number of likely N-dealkylation sites (tertiary alicyclic amines) is 1. The number of aryl methyl sites for hydroxylation is 1. The molecule has 13 heteroatoms. The van der Waals surface area contributed by atoms with Crippen LogP contribution in [-0.4, -0.2) is 72.6 Å². The van der Waals surface area contributed by atoms with Crippen LogP contribution >= 0.6 is 0 Å². The maximum absolute atomic E-state index is 16.3. The van der Waals surface area contributed by atoms with Gasteiger partial charge in [0.05, 0.1) is 11.6 Å². The molecule has 3 aromatic rings. The van der Waals surface area contributed by atoms with Crippen LogP contribution in [0.3, 0.4) is 0 Å². The van der Waals surface area contributed by atoms with Crippen molar-refractivity contribution in [2.24, 2.45) is 0 Å². The topological polar surface area (TPSA) is 99.2 Å². The molecule has 4 bridgehead atoms. The number of carbonyl (C=O) groups is 3. The molecule has 282 valence electrons. The Bertz CT molecular complexity index is 1880. The van der Waals surface area contributed by atoms with Gasteiger partial charge in [-0.3, -0.25) is 19.3 Å². The van der Waals surface area contributed by atoms with Crippen molar-refractivity contribution in [3.63, 3.8) is 0 Å². The van der Waals surface area contributed by atoms with Crippen LogP contribution in [-0.2, 0) is 14.4 Å². The number of alkyl halides is 4. The number of carbonyl (C=O) groups excluding carboxylic acids is 2. The van der Waals surface area contributed by atoms with E-state index < -0.39 is 35.9 Å². The number of nitrogens with one attached hydrogen (secondary N) is 1. The largest absolute Gasteiger partial charge is 0.483 e. The highest BCUT2D eigenvalue weighted by Gasteiger charge is 2.38. The number of hydrogen-bond donors (Lipinski definition) is 2. The van der Waals surface area contributed by atoms with Crippen LogP contribution in [0.15, 0.2) is 78.0 Å². The summed E-state index contributed by atoms with van der Waals surface area (Å²) in [5.41, 5.74) is 2.43. The Morgan fingerprint density at radius 1 is 1.08 bits per heavy atom. The van der Waals surface area contributed by atoms with Crippen molar-refractivity contribution in [2.75, 3.05) is 26.7 Å². The van der Waals surface area contributed by atoms with Gasteiger partial charge in [-0.05, 0) is 103 Å². The Morgan fingerprint density at radius 3 is 2.38 bits per heavy atom. The average Bonchev–Trinajstić information content (AvgIpc) is 3.93. The SMILES string of the molecule is CC[C@@H]1NC(=O)C(N(C)/C=C(CCN2CC(F)C2)\C(=C/C=O)C(F)(F)F)c2cccc(c2)Oc2cccc(C)c2-c2cc(C3CC3)c(F)c1c2.O=CO. The maximum atomic E-state index is 16.3. The highest BCUT2D eigenvalue weighted by Crippen LogP contribution is 2.46. The molecular weight excluding hydrogens is 697 g/mol. The van der Waals surface area contributed by atoms with E-state index in [0.717, 1.165) is 29.5 Å². The van der Waals surface area contributed by atoms with E-state index in [2.05, 4.69) is 5.32 Å². The summed E-state index contributed by atoms with van der Waals surface area (Å²) in [7, 11) is 1.48. The molecule has 2 aliphatic heterocycles. The molecule has 2 fully saturated rings. The molecule has 1 amide bonds. The van der Waals surface area contributed by atoms with E-state index in [4.69, 9.17) is 14.6 Å². The van der Waals surface area contributed by atoms with E-state index in [1.165, 1.54) is 18.1 Å². The number of ether oxygens (including phenoxy) is 1. The van der Waals surface area contributed by atoms with Gasteiger partial charge in [-0.15, -0.1) is 0 Å². The zero-order valence-electron chi connectivity index (χ0n) is 29.6. The summed E-state index contributed by atoms with van der Waals surface area (Å²) in [5, 5.41) is 9.91. The number of halogens is 5. The Labute approximate surface area is 304 Å². The number of hydrogen-bond acceptors (Lipinski definition) is 6. The van der Waals surface area contributed by atoms with Crippen LogP contribution in [0.25, 0.3) is 11.1 Å². The first kappa shape index (κ1) is 39.2. The molecule has 1 saturated heterocycles. The summed E-state index contributed by atoms with van der Waals surface area (Å²) < 4.78 is 79.2. The third kappa shape index (κ3) is 9.13. The fourth-order valence-corrected chi connectivity index (χ4v) is 6.96. The minimum absolute atomic E-state index is 0.0673. The number of carboxylic acid groups (broad SMARTS) is 1. The molecule has 1 aliphatic carbocycles. The molecule has 1 unspecified atom stereocenters. The second-order valence-corrected chi connectivity index (χ2v) is 13.5. The second-order valence-electron chi connectivity index (χ2n) is 13.5. The number of fused-ring (bicyclic) bond motifs is 6. The number of likely N-dealkylation sites (N-methyl/N-ethyl adjacent to an activating group) is 1. The zero-order chi connectivity index (χ0) is 38.4. The van der Waals surface area contributed by atoms with Gasteiger partial charge in [0.2, 0.25) is 5.91 Å². The number of rotatable bonds is 9. The van der Waals surface area contributed by atoms with Crippen molar-refractivity contribution < 1.29 is 46.2 Å². The summed E-state index contributed by atoms with van der Waals surface area (Å²) in [6, 6.07) is 14.1. The van der Waals surface area contributed by atoms with E-state index in [1.54, 1.807) is 35.2 Å². The molecule has 0 radical (unpaired) electrons. The molecule has 0 aromatic heterocycles. The minimum atomic E-state index is -4.87. The monoisotopic (exact) mass is 739 g/mol. The predicted octanol–water partition coefficient (Wildman–Crippen LogP) is 8.34. The predicted molar refractivity (Wildman–Crippen MR) is 190 cm³/mol. The van der Waals surface area contributed by atoms with Gasteiger partial charge >= 0.3 is 6.18 Å². The normalized spacial score (nSPS) is 19.4. The molecule has 6 rings (SSSR count). The lowest BCUT2D eigenvalue weighted by Crippen LogP contribution is -2.48. The summed E-state index contributed by atoms with van der Waals surface area (Å²) in [5.74, 6) is 0.0652. The molecular formula is C40H42F5N3O5. The standard InChI is InChI=1S/C39H40F5N3O3.CH2O2/c1-4-33-31-19-27(18-30(36(31)41)24-11-12-24)35-23(2)7-5-10-34(35)50-29-9-6-8-25(17-29)37(38(49)45-33)46(3)20-26(13-15-47-21-28(40)22-47)32(14-16-48)39(42,43)44;2-1-3/h5-10,14,16-20,24,28,33,37H,4,11-13,15,21-22H2,1-3H3,(H,45,49);1H,(H,2,3)/b26-20-,32-14+;/t33-,37?;/m0./s1. The average molecular weight is 740 g/mol. The van der Waals surface area contributed by atoms with Gasteiger partial charge in [0.25, 0.3) is 6.47 Å². The van der Waals surface area contributed by atoms with Crippen LogP contribution in [0.2, 0.25) is 0 Å². The quantitative estimate of drug-likeness (QED) is 0.0986. The number of allylic oxidation sites excluding steroid dienone is 2. The second kappa shape index (κ2) is 16.7. The molecule has 8 nitrogen and oxygen atoms in total. The van der Waals surface area contributed by atoms with Gasteiger partial charge in [-0.2, -0.15) is 13.2 Å². The fourth-order valence-electron chi connectivity index (χ4n) is 6.96. The lowest BCUT2D eigenvalue weighted by molar-refractivity contribution is -0.126. The number of aldehydes is 1. The van der Waals surface area contributed by atoms with Gasteiger partial charge in [-0.1, -0.05) is 31.2 Å². The Hall–Kier alpha value is -5.04. The van der Waals surface area contributed by atoms with Crippen LogP contribution < -0.4 is 10.1 Å². The third-order valence-electron chi connectivity index (χ3n) is 9.68. The Morgan fingerprint density at radius 2 is 1.75 bits per heavy atom. The van der Waals surface area contributed by atoms with E-state index in [9.17, 15) is 27.2 Å². The Balaban J connectivity index is 0.00000175. The number of amides is 1. The van der Waals surface area contributed by atoms with Crippen LogP contribution in [0.1, 0.15) is 72.9 Å². The maximum Gasteiger partial charge on any atom is 0.416 e. The summed E-state index contributed by atoms with van der Waals surface area (Å²) in [4.78, 5) is 37.2. The zero-order valence-corrected chi connectivity index (χ0v) is 29.6. The molecule has 2 atom stereocenters. The highest BCUT2D eigenvalue weighted by molar-refractivity contribution is 5.84. The van der Waals surface area contributed by atoms with Crippen LogP contribution in [0, 0.1) is 12.7 Å². The molecule has 0 spiro atoms. The van der Waals surface area contributed by atoms with Gasteiger partial charge in [0, 0.05) is 44.0 Å². The van der Waals surface area contributed by atoms with Crippen molar-refractivity contribution in [2.45, 2.75) is 69.9 Å². The molecule has 53 heavy (non-hydrogen) atoms. The fraction of sp³-hybridized carbons (Fsp3) is 0.375. The van der Waals surface area contributed by atoms with Gasteiger partial charge in [0.15, 0.2) is 0 Å². The van der Waals surface area contributed by atoms with E-state index in [-0.39, 0.29) is 56.1 Å². The summed E-state index contributed by atoms with van der Waals surface area (Å²) in [6.07, 6.45) is -2.23. The summed E-state index contributed by atoms with van der Waals surface area (Å²) in [6.45, 7) is 3.89. The minimum Gasteiger partial charge on any atom is -0.483 e. The van der Waals surface area contributed by atoms with E-state index >= 15 is 4.39 Å². The van der Waals surface area contributed by atoms with E-state index in [0.29, 0.717) is 40.7 Å². The van der Waals surface area contributed by atoms with Crippen LogP contribution in [0.5, 0.6) is 11.5 Å². The van der Waals surface area contributed by atoms with Crippen LogP contribution in [0.4, 0.5) is 22.0 Å². The lowest BCUT2D eigenvalue weighted by Gasteiger charge is -2.35. The number of nitrogens with zero attached hydrogens (tertiary/aromatic N) is 2. The van der Waals surface area contributed by atoms with Gasteiger partial charge < -0.3 is 20.1 Å². The van der Waals surface area contributed by atoms with Crippen molar-refractivity contribution in [3.05, 3.63) is 106 Å². The van der Waals surface area contributed by atoms with Crippen molar-refractivity contribution >= 4 is 18.7 Å².